The monoisotopic (exact) mass is 530 g/mol. The third-order valence-corrected chi connectivity index (χ3v) is 4.53. The normalized spacial score (nSPS) is 12.8. The van der Waals surface area contributed by atoms with Crippen molar-refractivity contribution in [3.63, 3.8) is 0 Å². The van der Waals surface area contributed by atoms with Crippen LogP contribution in [0.1, 0.15) is 46.5 Å². The first-order chi connectivity index (χ1) is 17.7. The first-order valence-corrected chi connectivity index (χ1v) is 12.4. The third-order valence-electron chi connectivity index (χ3n) is 4.53. The van der Waals surface area contributed by atoms with Gasteiger partial charge in [0.15, 0.2) is 12.2 Å². The van der Waals surface area contributed by atoms with Gasteiger partial charge >= 0.3 is 24.1 Å². The molecule has 0 rings (SSSR count). The predicted octanol–water partition coefficient (Wildman–Crippen LogP) is 2.66. The molecule has 0 radical (unpaired) electrons. The molecule has 0 heterocycles. The Balaban J connectivity index is 4.68. The quantitative estimate of drug-likeness (QED) is 0.0982. The van der Waals surface area contributed by atoms with Gasteiger partial charge in [-0.05, 0) is 19.8 Å². The van der Waals surface area contributed by atoms with Crippen molar-refractivity contribution >= 4 is 24.1 Å². The van der Waals surface area contributed by atoms with Gasteiger partial charge in [-0.3, -0.25) is 0 Å². The number of unbranched alkanes of at least 4 members (excludes halogenated alkanes) is 2. The Morgan fingerprint density at radius 1 is 0.730 bits per heavy atom. The molecular formula is C25H42N2O10. The van der Waals surface area contributed by atoms with Crippen LogP contribution in [0.4, 0.5) is 9.59 Å². The van der Waals surface area contributed by atoms with E-state index < -0.39 is 42.4 Å². The van der Waals surface area contributed by atoms with Gasteiger partial charge in [0, 0.05) is 25.2 Å². The zero-order valence-corrected chi connectivity index (χ0v) is 22.2. The number of nitrogens with one attached hydrogen (secondary N) is 2. The molecule has 0 spiro atoms. The van der Waals surface area contributed by atoms with Crippen LogP contribution < -0.4 is 10.6 Å². The van der Waals surface area contributed by atoms with Gasteiger partial charge < -0.3 is 39.1 Å². The number of hydrogen-bond acceptors (Lipinski definition) is 10. The fraction of sp³-hybridized carbons (Fsp3) is 0.680. The van der Waals surface area contributed by atoms with E-state index in [1.54, 1.807) is 6.92 Å². The summed E-state index contributed by atoms with van der Waals surface area (Å²) < 4.78 is 31.8. The van der Waals surface area contributed by atoms with E-state index >= 15 is 0 Å². The molecule has 0 bridgehead atoms. The maximum Gasteiger partial charge on any atom is 0.407 e. The van der Waals surface area contributed by atoms with Crippen molar-refractivity contribution in [2.75, 3.05) is 46.1 Å². The lowest BCUT2D eigenvalue weighted by atomic mass is 10.3. The van der Waals surface area contributed by atoms with Crippen LogP contribution in [0.25, 0.3) is 0 Å². The van der Waals surface area contributed by atoms with E-state index in [1.165, 1.54) is 0 Å². The van der Waals surface area contributed by atoms with Crippen molar-refractivity contribution in [1.82, 2.24) is 10.6 Å². The van der Waals surface area contributed by atoms with Crippen LogP contribution in [0.2, 0.25) is 0 Å². The molecule has 0 aromatic rings. The zero-order chi connectivity index (χ0) is 27.9. The molecule has 0 aliphatic heterocycles. The molecule has 0 aromatic heterocycles. The van der Waals surface area contributed by atoms with Crippen molar-refractivity contribution in [2.24, 2.45) is 0 Å². The van der Waals surface area contributed by atoms with E-state index in [0.29, 0.717) is 13.1 Å². The largest absolute Gasteiger partial charge is 0.458 e. The van der Waals surface area contributed by atoms with Gasteiger partial charge in [0.25, 0.3) is 0 Å². The van der Waals surface area contributed by atoms with E-state index in [-0.39, 0.29) is 33.0 Å². The minimum atomic E-state index is -0.853. The van der Waals surface area contributed by atoms with Crippen LogP contribution in [0, 0.1) is 0 Å². The molecule has 0 fully saturated rings. The molecule has 0 aromatic carbocycles. The zero-order valence-electron chi connectivity index (χ0n) is 22.2. The molecule has 2 N–H and O–H groups in total. The highest BCUT2D eigenvalue weighted by molar-refractivity contribution is 5.81. The molecule has 12 nitrogen and oxygen atoms in total. The number of hydrogen-bond donors (Lipinski definition) is 2. The second-order valence-electron chi connectivity index (χ2n) is 7.97. The highest BCUT2D eigenvalue weighted by Crippen LogP contribution is 2.03. The fourth-order valence-corrected chi connectivity index (χ4v) is 2.51. The summed E-state index contributed by atoms with van der Waals surface area (Å²) in [5, 5.41) is 5.23. The minimum absolute atomic E-state index is 0.0595. The molecule has 3 atom stereocenters. The fourth-order valence-electron chi connectivity index (χ4n) is 2.51. The number of carbonyl (C=O) groups excluding carboxylic acids is 4. The Morgan fingerprint density at radius 2 is 1.19 bits per heavy atom. The van der Waals surface area contributed by atoms with Crippen LogP contribution in [0.5, 0.6) is 0 Å². The molecule has 212 valence electrons. The maximum atomic E-state index is 12.0. The lowest BCUT2D eigenvalue weighted by Crippen LogP contribution is -2.37. The van der Waals surface area contributed by atoms with Crippen LogP contribution in [-0.4, -0.2) is 88.6 Å². The lowest BCUT2D eigenvalue weighted by Gasteiger charge is -2.22. The summed E-state index contributed by atoms with van der Waals surface area (Å²) in [4.78, 5) is 46.7. The van der Waals surface area contributed by atoms with Gasteiger partial charge in [0.2, 0.25) is 0 Å². The van der Waals surface area contributed by atoms with Gasteiger partial charge in [-0.2, -0.15) is 0 Å². The SMILES string of the molecule is C=CC(=O)OCC(COCC(C)OCC(COC(=O)C=C)OC(=O)NCCCC)OC(=O)NCCCC. The topological polar surface area (TPSA) is 148 Å². The summed E-state index contributed by atoms with van der Waals surface area (Å²) in [5.74, 6) is -1.31. The Labute approximate surface area is 219 Å². The summed E-state index contributed by atoms with van der Waals surface area (Å²) in [7, 11) is 0. The highest BCUT2D eigenvalue weighted by Gasteiger charge is 2.20. The molecule has 3 unspecified atom stereocenters. The lowest BCUT2D eigenvalue weighted by molar-refractivity contribution is -0.144. The van der Waals surface area contributed by atoms with Crippen molar-refractivity contribution in [3.05, 3.63) is 25.3 Å². The molecule has 2 amide bonds. The number of amides is 2. The predicted molar refractivity (Wildman–Crippen MR) is 135 cm³/mol. The Bertz CT molecular complexity index is 701. The summed E-state index contributed by atoms with van der Waals surface area (Å²) in [6.45, 7) is 12.8. The standard InChI is InChI=1S/C25H42N2O10/c1-6-10-12-26-24(30)36-20(17-34-22(28)8-3)15-32-14-19(5)33-16-21(18-35-23(29)9-4)37-25(31)27-13-11-7-2/h8-9,19-21H,3-4,6-7,10-18H2,1-2,5H3,(H,26,30)(H,27,31). The molecule has 12 heteroatoms. The van der Waals surface area contributed by atoms with E-state index in [4.69, 9.17) is 28.4 Å². The molecule has 0 aliphatic carbocycles. The molecule has 0 aliphatic rings. The van der Waals surface area contributed by atoms with Gasteiger partial charge in [-0.25, -0.2) is 19.2 Å². The average molecular weight is 531 g/mol. The summed E-state index contributed by atoms with van der Waals surface area (Å²) in [5.41, 5.74) is 0. The Morgan fingerprint density at radius 3 is 1.62 bits per heavy atom. The second-order valence-corrected chi connectivity index (χ2v) is 7.97. The Hall–Kier alpha value is -3.12. The van der Waals surface area contributed by atoms with E-state index in [2.05, 4.69) is 23.8 Å². The van der Waals surface area contributed by atoms with Crippen LogP contribution >= 0.6 is 0 Å². The highest BCUT2D eigenvalue weighted by atomic mass is 16.6. The number of esters is 2. The Kier molecular flexibility index (Phi) is 20.2. The van der Waals surface area contributed by atoms with Crippen molar-refractivity contribution in [2.45, 2.75) is 64.8 Å². The van der Waals surface area contributed by atoms with E-state index in [1.807, 2.05) is 13.8 Å². The number of alkyl carbamates (subject to hydrolysis) is 2. The third kappa shape index (κ3) is 19.7. The number of rotatable bonds is 21. The first-order valence-electron chi connectivity index (χ1n) is 12.4. The molecular weight excluding hydrogens is 488 g/mol. The van der Waals surface area contributed by atoms with Crippen LogP contribution in [-0.2, 0) is 38.0 Å². The molecule has 0 saturated carbocycles. The molecule has 0 saturated heterocycles. The minimum Gasteiger partial charge on any atom is -0.458 e. The van der Waals surface area contributed by atoms with E-state index in [9.17, 15) is 19.2 Å². The summed E-state index contributed by atoms with van der Waals surface area (Å²) in [6, 6.07) is 0. The van der Waals surface area contributed by atoms with Crippen molar-refractivity contribution < 1.29 is 47.6 Å². The van der Waals surface area contributed by atoms with E-state index in [0.717, 1.165) is 37.8 Å². The maximum absolute atomic E-state index is 12.0. The first kappa shape index (κ1) is 33.9. The number of carbonyl (C=O) groups is 4. The summed E-state index contributed by atoms with van der Waals surface area (Å²) in [6.07, 6.45) is 1.98. The van der Waals surface area contributed by atoms with Gasteiger partial charge in [-0.1, -0.05) is 39.8 Å². The van der Waals surface area contributed by atoms with Crippen molar-refractivity contribution in [1.29, 1.82) is 0 Å². The van der Waals surface area contributed by atoms with Crippen LogP contribution in [0.15, 0.2) is 25.3 Å². The second kappa shape index (κ2) is 22.1. The van der Waals surface area contributed by atoms with Gasteiger partial charge in [0.05, 0.1) is 25.9 Å². The van der Waals surface area contributed by atoms with Crippen molar-refractivity contribution in [3.8, 4) is 0 Å². The van der Waals surface area contributed by atoms with Crippen LogP contribution in [0.3, 0.4) is 0 Å². The summed E-state index contributed by atoms with van der Waals surface area (Å²) >= 11 is 0. The van der Waals surface area contributed by atoms with Gasteiger partial charge in [0.1, 0.15) is 13.2 Å². The smallest absolute Gasteiger partial charge is 0.407 e. The molecule has 37 heavy (non-hydrogen) atoms. The average Bonchev–Trinajstić information content (AvgIpc) is 2.88. The van der Waals surface area contributed by atoms with Gasteiger partial charge in [-0.15, -0.1) is 0 Å². The number of ether oxygens (including phenoxy) is 6.